The first-order valence-electron chi connectivity index (χ1n) is 10.0. The van der Waals surface area contributed by atoms with E-state index < -0.39 is 9.84 Å². The van der Waals surface area contributed by atoms with Crippen LogP contribution in [0.3, 0.4) is 0 Å². The number of nitriles is 1. The maximum Gasteiger partial charge on any atom is 0.191 e. The van der Waals surface area contributed by atoms with Gasteiger partial charge in [-0.2, -0.15) is 10.4 Å². The first kappa shape index (κ1) is 21.6. The average Bonchev–Trinajstić information content (AvgIpc) is 3.24. The normalized spacial score (nSPS) is 18.1. The van der Waals surface area contributed by atoms with Crippen LogP contribution in [-0.4, -0.2) is 54.8 Å². The van der Waals surface area contributed by atoms with E-state index in [1.165, 1.54) is 0 Å². The summed E-state index contributed by atoms with van der Waals surface area (Å²) in [6.07, 6.45) is 1.83. The summed E-state index contributed by atoms with van der Waals surface area (Å²) in [6.45, 7) is 3.15. The molecule has 160 valence electrons. The molecule has 30 heavy (non-hydrogen) atoms. The minimum Gasteiger partial charge on any atom is -0.382 e. The van der Waals surface area contributed by atoms with Crippen LogP contribution in [0, 0.1) is 11.3 Å². The van der Waals surface area contributed by atoms with Gasteiger partial charge in [-0.15, -0.1) is 0 Å². The first-order valence-corrected chi connectivity index (χ1v) is 11.8. The van der Waals surface area contributed by atoms with Crippen molar-refractivity contribution in [3.8, 4) is 11.8 Å². The third kappa shape index (κ3) is 5.30. The van der Waals surface area contributed by atoms with E-state index in [1.54, 1.807) is 4.68 Å². The van der Waals surface area contributed by atoms with Crippen molar-refractivity contribution in [1.82, 2.24) is 20.4 Å². The number of hydrogen-bond acceptors (Lipinski definition) is 6. The summed E-state index contributed by atoms with van der Waals surface area (Å²) in [5, 5.41) is 20.4. The number of nitrogen functional groups attached to an aromatic ring is 1. The predicted octanol–water partition coefficient (Wildman–Crippen LogP) is 1.00. The Kier molecular flexibility index (Phi) is 6.95. The molecule has 1 aliphatic heterocycles. The monoisotopic (exact) mass is 429 g/mol. The average molecular weight is 430 g/mol. The van der Waals surface area contributed by atoms with E-state index in [4.69, 9.17) is 5.73 Å². The fourth-order valence-electron chi connectivity index (χ4n) is 3.40. The molecule has 1 aromatic carbocycles. The Morgan fingerprint density at radius 3 is 2.80 bits per heavy atom. The van der Waals surface area contributed by atoms with Crippen LogP contribution in [0.1, 0.15) is 31.0 Å². The molecule has 0 aliphatic carbocycles. The molecule has 0 saturated carbocycles. The van der Waals surface area contributed by atoms with Crippen LogP contribution in [0.2, 0.25) is 0 Å². The molecule has 1 atom stereocenters. The molecule has 2 aromatic rings. The summed E-state index contributed by atoms with van der Waals surface area (Å²) in [6, 6.07) is 11.5. The van der Waals surface area contributed by atoms with Gasteiger partial charge in [0.05, 0.1) is 22.9 Å². The molecule has 1 saturated heterocycles. The van der Waals surface area contributed by atoms with Crippen LogP contribution in [0.4, 0.5) is 5.82 Å². The molecule has 0 spiro atoms. The molecule has 0 bridgehead atoms. The molecule has 10 heteroatoms. The van der Waals surface area contributed by atoms with Gasteiger partial charge in [0.25, 0.3) is 0 Å². The molecule has 3 rings (SSSR count). The minimum absolute atomic E-state index is 0.112. The number of para-hydroxylation sites is 1. The molecule has 2 heterocycles. The van der Waals surface area contributed by atoms with Crippen LogP contribution in [0.15, 0.2) is 35.3 Å². The zero-order valence-corrected chi connectivity index (χ0v) is 17.8. The van der Waals surface area contributed by atoms with Crippen LogP contribution in [-0.2, 0) is 16.3 Å². The summed E-state index contributed by atoms with van der Waals surface area (Å²) in [5.41, 5.74) is 7.98. The van der Waals surface area contributed by atoms with Gasteiger partial charge < -0.3 is 16.4 Å². The molecule has 1 aromatic heterocycles. The number of benzene rings is 1. The van der Waals surface area contributed by atoms with Gasteiger partial charge in [0, 0.05) is 19.1 Å². The fourth-order valence-corrected chi connectivity index (χ4v) is 5.07. The van der Waals surface area contributed by atoms with E-state index in [-0.39, 0.29) is 17.5 Å². The van der Waals surface area contributed by atoms with Gasteiger partial charge in [-0.3, -0.25) is 4.99 Å². The summed E-state index contributed by atoms with van der Waals surface area (Å²) in [7, 11) is -2.95. The number of aromatic nitrogens is 2. The summed E-state index contributed by atoms with van der Waals surface area (Å²) in [4.78, 5) is 4.53. The number of sulfone groups is 1. The molecule has 0 amide bonds. The Morgan fingerprint density at radius 2 is 2.17 bits per heavy atom. The smallest absolute Gasteiger partial charge is 0.191 e. The number of rotatable bonds is 7. The van der Waals surface area contributed by atoms with Gasteiger partial charge in [-0.1, -0.05) is 18.2 Å². The Balaban J connectivity index is 1.63. The highest BCUT2D eigenvalue weighted by molar-refractivity contribution is 7.91. The largest absolute Gasteiger partial charge is 0.382 e. The first-order chi connectivity index (χ1) is 14.4. The molecule has 1 fully saturated rings. The summed E-state index contributed by atoms with van der Waals surface area (Å²) < 4.78 is 24.9. The van der Waals surface area contributed by atoms with Crippen LogP contribution >= 0.6 is 0 Å². The Morgan fingerprint density at radius 1 is 1.40 bits per heavy atom. The molecule has 1 unspecified atom stereocenters. The predicted molar refractivity (Wildman–Crippen MR) is 117 cm³/mol. The highest BCUT2D eigenvalue weighted by Crippen LogP contribution is 2.21. The minimum atomic E-state index is -2.95. The van der Waals surface area contributed by atoms with Crippen molar-refractivity contribution in [2.75, 3.05) is 30.3 Å². The third-order valence-electron chi connectivity index (χ3n) is 4.87. The number of aryl methyl sites for hydroxylation is 1. The van der Waals surface area contributed by atoms with Crippen molar-refractivity contribution < 1.29 is 8.42 Å². The van der Waals surface area contributed by atoms with Crippen molar-refractivity contribution in [3.05, 3.63) is 41.6 Å². The fraction of sp³-hybridized carbons (Fsp3) is 0.450. The van der Waals surface area contributed by atoms with Gasteiger partial charge >= 0.3 is 0 Å². The van der Waals surface area contributed by atoms with Gasteiger partial charge in [-0.05, 0) is 38.3 Å². The molecular weight excluding hydrogens is 402 g/mol. The van der Waals surface area contributed by atoms with E-state index >= 15 is 0 Å². The van der Waals surface area contributed by atoms with Crippen LogP contribution in [0.25, 0.3) is 5.69 Å². The maximum atomic E-state index is 11.6. The van der Waals surface area contributed by atoms with Crippen LogP contribution in [0.5, 0.6) is 0 Å². The lowest BCUT2D eigenvalue weighted by atomic mass is 10.1. The third-order valence-corrected chi connectivity index (χ3v) is 6.63. The van der Waals surface area contributed by atoms with Crippen molar-refractivity contribution in [1.29, 1.82) is 5.26 Å². The van der Waals surface area contributed by atoms with Crippen LogP contribution < -0.4 is 16.4 Å². The Labute approximate surface area is 176 Å². The number of nitrogens with zero attached hydrogens (tertiary/aromatic N) is 4. The second-order valence-corrected chi connectivity index (χ2v) is 9.40. The lowest BCUT2D eigenvalue weighted by Crippen LogP contribution is -2.44. The molecule has 9 nitrogen and oxygen atoms in total. The van der Waals surface area contributed by atoms with E-state index in [1.807, 2.05) is 37.3 Å². The number of guanidine groups is 1. The van der Waals surface area contributed by atoms with Gasteiger partial charge in [0.1, 0.15) is 17.5 Å². The SMILES string of the molecule is CCNC(=NCCCc1nn(-c2ccccc2)c(N)c1C#N)NC1CCS(=O)(=O)C1. The highest BCUT2D eigenvalue weighted by atomic mass is 32.2. The van der Waals surface area contributed by atoms with Crippen molar-refractivity contribution >= 4 is 21.6 Å². The van der Waals surface area contributed by atoms with Gasteiger partial charge in [-0.25, -0.2) is 13.1 Å². The second kappa shape index (κ2) is 9.63. The van der Waals surface area contributed by atoms with Gasteiger partial charge in [0.2, 0.25) is 0 Å². The summed E-state index contributed by atoms with van der Waals surface area (Å²) >= 11 is 0. The molecule has 1 aliphatic rings. The second-order valence-electron chi connectivity index (χ2n) is 7.17. The molecule has 4 N–H and O–H groups in total. The van der Waals surface area contributed by atoms with E-state index in [2.05, 4.69) is 26.8 Å². The van der Waals surface area contributed by atoms with Gasteiger partial charge in [0.15, 0.2) is 15.8 Å². The molecule has 0 radical (unpaired) electrons. The highest BCUT2D eigenvalue weighted by Gasteiger charge is 2.28. The lowest BCUT2D eigenvalue weighted by molar-refractivity contribution is 0.599. The maximum absolute atomic E-state index is 11.6. The molecular formula is C20H27N7O2S. The number of aliphatic imine (C=N–C) groups is 1. The van der Waals surface area contributed by atoms with E-state index in [9.17, 15) is 13.7 Å². The zero-order chi connectivity index (χ0) is 21.6. The van der Waals surface area contributed by atoms with Crippen molar-refractivity contribution in [3.63, 3.8) is 0 Å². The topological polar surface area (TPSA) is 138 Å². The lowest BCUT2D eigenvalue weighted by Gasteiger charge is -2.15. The number of nitrogens with one attached hydrogen (secondary N) is 2. The standard InChI is InChI=1S/C20H27N7O2S/c1-2-23-20(25-15-10-12-30(28,29)14-15)24-11-6-9-18-17(13-21)19(22)27(26-18)16-7-4-3-5-8-16/h3-5,7-8,15H,2,6,9-12,14,22H2,1H3,(H2,23,24,25). The summed E-state index contributed by atoms with van der Waals surface area (Å²) in [5.74, 6) is 1.29. The Bertz CT molecular complexity index is 1040. The zero-order valence-electron chi connectivity index (χ0n) is 17.0. The van der Waals surface area contributed by atoms with Crippen molar-refractivity contribution in [2.24, 2.45) is 4.99 Å². The van der Waals surface area contributed by atoms with Crippen molar-refractivity contribution in [2.45, 2.75) is 32.2 Å². The van der Waals surface area contributed by atoms with E-state index in [0.29, 0.717) is 55.4 Å². The number of hydrogen-bond donors (Lipinski definition) is 3. The number of anilines is 1. The van der Waals surface area contributed by atoms with E-state index in [0.717, 1.165) is 5.69 Å². The quantitative estimate of drug-likeness (QED) is 0.339. The Hall–Kier alpha value is -3.06. The number of nitrogens with two attached hydrogens (primary N) is 1.